The molecule has 12 nitrogen and oxygen atoms in total. The SMILES string of the molecule is CCCCCCCCN1C(=O)C2=CN=C3c4ncc5c6c(cnc(c46)C4=NC=C(C1=O)C2C34)C(=O)N(CCOC(=O)C(C)CC)C5=O. The van der Waals surface area contributed by atoms with Gasteiger partial charge >= 0.3 is 5.97 Å². The molecule has 0 saturated carbocycles. The lowest BCUT2D eigenvalue weighted by molar-refractivity contribution is -0.148. The average molecular weight is 637 g/mol. The summed E-state index contributed by atoms with van der Waals surface area (Å²) in [6.45, 7) is 5.92. The number of carbonyl (C=O) groups excluding carboxylic acids is 5. The fourth-order valence-electron chi connectivity index (χ4n) is 7.15. The van der Waals surface area contributed by atoms with Crippen molar-refractivity contribution in [3.63, 3.8) is 0 Å². The molecule has 0 N–H and O–H groups in total. The maximum Gasteiger partial charge on any atom is 0.308 e. The maximum atomic E-state index is 13.7. The Morgan fingerprint density at radius 3 is 1.87 bits per heavy atom. The van der Waals surface area contributed by atoms with E-state index in [2.05, 4.69) is 16.9 Å². The van der Waals surface area contributed by atoms with E-state index in [0.717, 1.165) is 37.0 Å². The van der Waals surface area contributed by atoms with Gasteiger partial charge in [0.15, 0.2) is 0 Å². The molecule has 2 aromatic heterocycles. The molecule has 4 amide bonds. The fourth-order valence-corrected chi connectivity index (χ4v) is 7.15. The maximum absolute atomic E-state index is 13.7. The van der Waals surface area contributed by atoms with Crippen LogP contribution >= 0.6 is 0 Å². The second-order valence-corrected chi connectivity index (χ2v) is 12.7. The number of aliphatic imine (C=N–C) groups is 2. The summed E-state index contributed by atoms with van der Waals surface area (Å²) in [7, 11) is 0. The van der Waals surface area contributed by atoms with Crippen molar-refractivity contribution in [2.24, 2.45) is 27.7 Å². The largest absolute Gasteiger partial charge is 0.464 e. The first-order chi connectivity index (χ1) is 22.8. The van der Waals surface area contributed by atoms with Gasteiger partial charge in [-0.25, -0.2) is 0 Å². The lowest BCUT2D eigenvalue weighted by Gasteiger charge is -2.43. The molecular formula is C35H36N6O6. The predicted octanol–water partition coefficient (Wildman–Crippen LogP) is 4.16. The van der Waals surface area contributed by atoms with Crippen LogP contribution in [0.2, 0.25) is 0 Å². The van der Waals surface area contributed by atoms with Crippen molar-refractivity contribution in [3.8, 4) is 0 Å². The number of nitrogens with zero attached hydrogens (tertiary/aromatic N) is 6. The van der Waals surface area contributed by atoms with E-state index in [9.17, 15) is 24.0 Å². The lowest BCUT2D eigenvalue weighted by atomic mass is 9.66. The Morgan fingerprint density at radius 2 is 1.30 bits per heavy atom. The highest BCUT2D eigenvalue weighted by Crippen LogP contribution is 2.47. The molecule has 2 aromatic rings. The molecule has 7 rings (SSSR count). The molecule has 0 aromatic carbocycles. The van der Waals surface area contributed by atoms with Gasteiger partial charge in [-0.1, -0.05) is 52.9 Å². The number of pyridine rings is 2. The Balaban J connectivity index is 1.22. The highest BCUT2D eigenvalue weighted by molar-refractivity contribution is 6.37. The minimum Gasteiger partial charge on any atom is -0.464 e. The number of carbonyl (C=O) groups is 5. The van der Waals surface area contributed by atoms with E-state index < -0.39 is 23.7 Å². The Morgan fingerprint density at radius 1 is 0.745 bits per heavy atom. The van der Waals surface area contributed by atoms with Crippen LogP contribution in [0.1, 0.15) is 97.8 Å². The van der Waals surface area contributed by atoms with Crippen LogP contribution in [0.3, 0.4) is 0 Å². The number of esters is 1. The Kier molecular flexibility index (Phi) is 7.89. The number of fused-ring (bicyclic) bond motifs is 2. The van der Waals surface area contributed by atoms with Gasteiger partial charge in [0.05, 0.1) is 52.3 Å². The van der Waals surface area contributed by atoms with E-state index in [1.165, 1.54) is 36.1 Å². The van der Waals surface area contributed by atoms with Crippen LogP contribution in [0.5, 0.6) is 0 Å². The fraction of sp³-hybridized carbons (Fsp3) is 0.457. The monoisotopic (exact) mass is 636 g/mol. The Bertz CT molecular complexity index is 1780. The molecule has 1 atom stereocenters. The molecule has 0 bridgehead atoms. The van der Waals surface area contributed by atoms with Crippen LogP contribution in [-0.4, -0.2) is 80.5 Å². The molecule has 1 saturated heterocycles. The predicted molar refractivity (Wildman–Crippen MR) is 172 cm³/mol. The van der Waals surface area contributed by atoms with E-state index >= 15 is 0 Å². The molecule has 47 heavy (non-hydrogen) atoms. The summed E-state index contributed by atoms with van der Waals surface area (Å²) in [4.78, 5) is 87.9. The van der Waals surface area contributed by atoms with Crippen LogP contribution in [0, 0.1) is 17.8 Å². The number of piperidine rings is 1. The van der Waals surface area contributed by atoms with Crippen molar-refractivity contribution in [3.05, 3.63) is 58.5 Å². The summed E-state index contributed by atoms with van der Waals surface area (Å²) in [5, 5.41) is 0.905. The van der Waals surface area contributed by atoms with Gasteiger partial charge in [0.25, 0.3) is 23.6 Å². The molecule has 1 aliphatic carbocycles. The summed E-state index contributed by atoms with van der Waals surface area (Å²) in [6.07, 6.45) is 12.8. The minimum absolute atomic E-state index is 0.105. The molecule has 242 valence electrons. The second kappa shape index (κ2) is 12.1. The summed E-state index contributed by atoms with van der Waals surface area (Å²) < 4.78 is 5.30. The molecule has 1 fully saturated rings. The van der Waals surface area contributed by atoms with Crippen molar-refractivity contribution in [1.82, 2.24) is 19.8 Å². The number of likely N-dealkylation sites (tertiary alicyclic amines) is 1. The van der Waals surface area contributed by atoms with Gasteiger partial charge in [0, 0.05) is 59.2 Å². The first-order valence-electron chi connectivity index (χ1n) is 16.5. The molecule has 0 spiro atoms. The summed E-state index contributed by atoms with van der Waals surface area (Å²) in [5.74, 6) is -3.57. The van der Waals surface area contributed by atoms with Crippen molar-refractivity contribution in [2.45, 2.75) is 65.7 Å². The standard InChI is InChI=1S/C35H36N6O6/c1-4-6-7-8-9-10-11-40-31(42)19-14-36-27-25-23(19)20(32(40)43)15-37-28(25)30-26-24-21(16-38-29(26)27)33(44)41(34(45)22(24)17-39-30)12-13-47-35(46)18(3)5-2/h14-18,23,25H,4-13H2,1-3H3. The minimum atomic E-state index is -0.577. The van der Waals surface area contributed by atoms with Crippen molar-refractivity contribution in [2.75, 3.05) is 19.7 Å². The third kappa shape index (κ3) is 4.75. The summed E-state index contributed by atoms with van der Waals surface area (Å²) >= 11 is 0. The third-order valence-electron chi connectivity index (χ3n) is 9.92. The van der Waals surface area contributed by atoms with E-state index in [-0.39, 0.29) is 48.0 Å². The molecule has 6 heterocycles. The normalized spacial score (nSPS) is 21.3. The first kappa shape index (κ1) is 30.8. The number of amides is 4. The van der Waals surface area contributed by atoms with Crippen LogP contribution in [0.25, 0.3) is 10.8 Å². The quantitative estimate of drug-likeness (QED) is 0.191. The third-order valence-corrected chi connectivity index (χ3v) is 9.92. The molecule has 5 aliphatic rings. The number of aromatic nitrogens is 2. The van der Waals surface area contributed by atoms with Gasteiger partial charge in [-0.2, -0.15) is 0 Å². The van der Waals surface area contributed by atoms with E-state index in [4.69, 9.17) is 14.7 Å². The van der Waals surface area contributed by atoms with Crippen molar-refractivity contribution in [1.29, 1.82) is 0 Å². The van der Waals surface area contributed by atoms with Gasteiger partial charge in [-0.15, -0.1) is 0 Å². The molecule has 4 aliphatic heterocycles. The van der Waals surface area contributed by atoms with Crippen molar-refractivity contribution < 1.29 is 28.7 Å². The van der Waals surface area contributed by atoms with Gasteiger partial charge in [0.1, 0.15) is 6.61 Å². The highest BCUT2D eigenvalue weighted by atomic mass is 16.5. The van der Waals surface area contributed by atoms with Gasteiger partial charge in [0.2, 0.25) is 0 Å². The first-order valence-corrected chi connectivity index (χ1v) is 16.5. The van der Waals surface area contributed by atoms with E-state index in [1.807, 2.05) is 6.92 Å². The summed E-state index contributed by atoms with van der Waals surface area (Å²) in [6, 6.07) is 0. The average Bonchev–Trinajstić information content (AvgIpc) is 3.09. The topological polar surface area (TPSA) is 152 Å². The number of rotatable bonds is 12. The van der Waals surface area contributed by atoms with Gasteiger partial charge in [-0.3, -0.25) is 53.7 Å². The molecule has 12 heteroatoms. The lowest BCUT2D eigenvalue weighted by Crippen LogP contribution is -2.53. The molecule has 0 radical (unpaired) electrons. The number of unbranched alkanes of at least 4 members (excludes halogenated alkanes) is 5. The van der Waals surface area contributed by atoms with Crippen LogP contribution in [0.15, 0.2) is 45.9 Å². The second-order valence-electron chi connectivity index (χ2n) is 12.7. The molecule has 1 unspecified atom stereocenters. The summed E-state index contributed by atoms with van der Waals surface area (Å²) in [5.41, 5.74) is 3.25. The number of imide groups is 2. The Hall–Kier alpha value is -4.87. The number of ether oxygens (including phenoxy) is 1. The van der Waals surface area contributed by atoms with E-state index in [1.54, 1.807) is 6.92 Å². The molecular weight excluding hydrogens is 600 g/mol. The van der Waals surface area contributed by atoms with E-state index in [0.29, 0.717) is 57.7 Å². The van der Waals surface area contributed by atoms with Crippen LogP contribution in [0.4, 0.5) is 0 Å². The van der Waals surface area contributed by atoms with Crippen LogP contribution < -0.4 is 0 Å². The van der Waals surface area contributed by atoms with Crippen LogP contribution in [-0.2, 0) is 19.1 Å². The zero-order valence-corrected chi connectivity index (χ0v) is 26.7. The Labute approximate surface area is 271 Å². The smallest absolute Gasteiger partial charge is 0.308 e. The van der Waals surface area contributed by atoms with Crippen molar-refractivity contribution >= 4 is 51.8 Å². The van der Waals surface area contributed by atoms with Gasteiger partial charge < -0.3 is 4.74 Å². The number of hydrogen-bond acceptors (Lipinski definition) is 10. The number of hydrogen-bond donors (Lipinski definition) is 0. The zero-order valence-electron chi connectivity index (χ0n) is 26.7. The van der Waals surface area contributed by atoms with Gasteiger partial charge in [-0.05, 0) is 12.8 Å². The highest BCUT2D eigenvalue weighted by Gasteiger charge is 2.53. The zero-order chi connectivity index (χ0) is 33.0.